The van der Waals surface area contributed by atoms with Gasteiger partial charge in [-0.15, -0.1) is 0 Å². The van der Waals surface area contributed by atoms with Gasteiger partial charge in [0.05, 0.1) is 18.1 Å². The highest BCUT2D eigenvalue weighted by Gasteiger charge is 2.27. The molecule has 1 N–H and O–H groups in total. The first-order valence-electron chi connectivity index (χ1n) is 8.54. The Kier molecular flexibility index (Phi) is 6.00. The first-order chi connectivity index (χ1) is 11.7. The highest BCUT2D eigenvalue weighted by Crippen LogP contribution is 2.25. The molecule has 1 aromatic rings. The number of carbonyl (C=O) groups excluding carboxylic acids is 1. The van der Waals surface area contributed by atoms with Crippen molar-refractivity contribution in [1.82, 2.24) is 10.2 Å². The summed E-state index contributed by atoms with van der Waals surface area (Å²) in [5.41, 5.74) is 0.672. The van der Waals surface area contributed by atoms with E-state index in [1.165, 1.54) is 13.2 Å². The molecular formula is C18H27N3O4. The number of hydrogen-bond acceptors (Lipinski definition) is 5. The van der Waals surface area contributed by atoms with Gasteiger partial charge < -0.3 is 10.1 Å². The van der Waals surface area contributed by atoms with Crippen LogP contribution in [0.25, 0.3) is 0 Å². The van der Waals surface area contributed by atoms with E-state index in [1.54, 1.807) is 6.07 Å². The first-order valence-corrected chi connectivity index (χ1v) is 8.54. The summed E-state index contributed by atoms with van der Waals surface area (Å²) in [6, 6.07) is 4.83. The molecule has 0 atom stereocenters. The average Bonchev–Trinajstić information content (AvgIpc) is 2.53. The maximum absolute atomic E-state index is 12.3. The van der Waals surface area contributed by atoms with E-state index in [9.17, 15) is 14.9 Å². The molecule has 1 aliphatic rings. The molecule has 0 radical (unpaired) electrons. The van der Waals surface area contributed by atoms with Crippen LogP contribution in [0.3, 0.4) is 0 Å². The smallest absolute Gasteiger partial charge is 0.273 e. The zero-order valence-electron chi connectivity index (χ0n) is 15.4. The number of rotatable bonds is 5. The molecule has 1 heterocycles. The van der Waals surface area contributed by atoms with Crippen molar-refractivity contribution in [2.75, 3.05) is 20.2 Å². The average molecular weight is 349 g/mol. The summed E-state index contributed by atoms with van der Waals surface area (Å²) in [6.07, 6.45) is 1.60. The summed E-state index contributed by atoms with van der Waals surface area (Å²) in [7, 11) is 1.50. The Morgan fingerprint density at radius 1 is 1.32 bits per heavy atom. The molecule has 0 saturated carbocycles. The van der Waals surface area contributed by atoms with Crippen LogP contribution in [0.15, 0.2) is 18.2 Å². The van der Waals surface area contributed by atoms with Gasteiger partial charge in [0, 0.05) is 24.1 Å². The lowest BCUT2D eigenvalue weighted by atomic mass is 9.94. The summed E-state index contributed by atoms with van der Waals surface area (Å²) in [6.45, 7) is 8.16. The molecule has 1 fully saturated rings. The Morgan fingerprint density at radius 2 is 1.96 bits per heavy atom. The first kappa shape index (κ1) is 19.2. The molecule has 0 aromatic heterocycles. The normalized spacial score (nSPS) is 16.5. The predicted molar refractivity (Wildman–Crippen MR) is 95.5 cm³/mol. The topological polar surface area (TPSA) is 84.7 Å². The quantitative estimate of drug-likeness (QED) is 0.653. The van der Waals surface area contributed by atoms with Gasteiger partial charge >= 0.3 is 0 Å². The van der Waals surface area contributed by atoms with Crippen molar-refractivity contribution in [2.45, 2.75) is 45.7 Å². The van der Waals surface area contributed by atoms with Gasteiger partial charge in [0.25, 0.3) is 5.69 Å². The van der Waals surface area contributed by atoms with Crippen LogP contribution in [-0.4, -0.2) is 41.5 Å². The number of carbonyl (C=O) groups is 1. The highest BCUT2D eigenvalue weighted by molar-refractivity contribution is 5.79. The van der Waals surface area contributed by atoms with E-state index in [2.05, 4.69) is 10.2 Å². The number of amides is 1. The van der Waals surface area contributed by atoms with Crippen LogP contribution in [0.5, 0.6) is 5.75 Å². The Bertz CT molecular complexity index is 632. The Labute approximate surface area is 148 Å². The minimum Gasteiger partial charge on any atom is -0.496 e. The number of nitro benzene ring substituents is 1. The van der Waals surface area contributed by atoms with Crippen molar-refractivity contribution in [3.8, 4) is 5.75 Å². The molecule has 138 valence electrons. The van der Waals surface area contributed by atoms with Gasteiger partial charge in [-0.3, -0.25) is 19.8 Å². The summed E-state index contributed by atoms with van der Waals surface area (Å²) < 4.78 is 5.15. The van der Waals surface area contributed by atoms with Crippen LogP contribution in [-0.2, 0) is 11.3 Å². The van der Waals surface area contributed by atoms with Crippen molar-refractivity contribution in [1.29, 1.82) is 0 Å². The lowest BCUT2D eigenvalue weighted by Gasteiger charge is -2.33. The molecule has 1 aliphatic heterocycles. The van der Waals surface area contributed by atoms with Crippen molar-refractivity contribution >= 4 is 11.6 Å². The molecular weight excluding hydrogens is 322 g/mol. The van der Waals surface area contributed by atoms with Crippen LogP contribution < -0.4 is 10.1 Å². The van der Waals surface area contributed by atoms with E-state index in [-0.39, 0.29) is 23.1 Å². The zero-order chi connectivity index (χ0) is 18.6. The summed E-state index contributed by atoms with van der Waals surface area (Å²) in [5, 5.41) is 14.1. The number of benzene rings is 1. The van der Waals surface area contributed by atoms with E-state index in [0.717, 1.165) is 31.5 Å². The number of nitro groups is 1. The van der Waals surface area contributed by atoms with Crippen LogP contribution in [0, 0.1) is 16.0 Å². The maximum atomic E-state index is 12.3. The minimum atomic E-state index is -0.408. The molecule has 0 aliphatic carbocycles. The fraction of sp³-hybridized carbons (Fsp3) is 0.611. The molecule has 0 unspecified atom stereocenters. The molecule has 7 heteroatoms. The molecule has 0 spiro atoms. The standard InChI is InChI=1S/C18H27N3O4/c1-18(2,3)19-17(22)14-5-7-20(8-6-14)12-13-9-15(21(23)24)11-16(10-13)25-4/h9-11,14H,5-8,12H2,1-4H3,(H,19,22). The van der Waals surface area contributed by atoms with Gasteiger partial charge in [0.15, 0.2) is 0 Å². The molecule has 0 bridgehead atoms. The van der Waals surface area contributed by atoms with Gasteiger partial charge in [0.1, 0.15) is 5.75 Å². The number of ether oxygens (including phenoxy) is 1. The Morgan fingerprint density at radius 3 is 2.48 bits per heavy atom. The fourth-order valence-corrected chi connectivity index (χ4v) is 3.04. The monoisotopic (exact) mass is 349 g/mol. The van der Waals surface area contributed by atoms with Crippen molar-refractivity contribution in [3.63, 3.8) is 0 Å². The maximum Gasteiger partial charge on any atom is 0.273 e. The second-order valence-electron chi connectivity index (χ2n) is 7.59. The predicted octanol–water partition coefficient (Wildman–Crippen LogP) is 2.73. The van der Waals surface area contributed by atoms with Crippen molar-refractivity contribution < 1.29 is 14.5 Å². The number of hydrogen-bond donors (Lipinski definition) is 1. The number of likely N-dealkylation sites (tertiary alicyclic amines) is 1. The molecule has 7 nitrogen and oxygen atoms in total. The molecule has 1 aromatic carbocycles. The van der Waals surface area contributed by atoms with E-state index >= 15 is 0 Å². The number of piperidine rings is 1. The molecule has 1 saturated heterocycles. The van der Waals surface area contributed by atoms with Crippen LogP contribution >= 0.6 is 0 Å². The van der Waals surface area contributed by atoms with E-state index in [4.69, 9.17) is 4.74 Å². The lowest BCUT2D eigenvalue weighted by Crippen LogP contribution is -2.46. The van der Waals surface area contributed by atoms with Gasteiger partial charge in [-0.05, 0) is 58.3 Å². The van der Waals surface area contributed by atoms with Crippen LogP contribution in [0.1, 0.15) is 39.2 Å². The van der Waals surface area contributed by atoms with Crippen LogP contribution in [0.4, 0.5) is 5.69 Å². The van der Waals surface area contributed by atoms with Gasteiger partial charge in [-0.25, -0.2) is 0 Å². The zero-order valence-corrected chi connectivity index (χ0v) is 15.4. The molecule has 2 rings (SSSR count). The number of nitrogens with zero attached hydrogens (tertiary/aromatic N) is 2. The highest BCUT2D eigenvalue weighted by atomic mass is 16.6. The second-order valence-corrected chi connectivity index (χ2v) is 7.59. The third-order valence-corrected chi connectivity index (χ3v) is 4.26. The van der Waals surface area contributed by atoms with Crippen molar-refractivity contribution in [3.05, 3.63) is 33.9 Å². The van der Waals surface area contributed by atoms with E-state index in [0.29, 0.717) is 12.3 Å². The lowest BCUT2D eigenvalue weighted by molar-refractivity contribution is -0.385. The minimum absolute atomic E-state index is 0.0359. The number of nitrogens with one attached hydrogen (secondary N) is 1. The summed E-state index contributed by atoms with van der Waals surface area (Å²) >= 11 is 0. The molecule has 25 heavy (non-hydrogen) atoms. The third-order valence-electron chi connectivity index (χ3n) is 4.26. The van der Waals surface area contributed by atoms with Gasteiger partial charge in [-0.2, -0.15) is 0 Å². The Balaban J connectivity index is 1.95. The third kappa shape index (κ3) is 5.70. The number of non-ortho nitro benzene ring substituents is 1. The Hall–Kier alpha value is -2.15. The number of methoxy groups -OCH3 is 1. The largest absolute Gasteiger partial charge is 0.496 e. The summed E-state index contributed by atoms with van der Waals surface area (Å²) in [5.74, 6) is 0.642. The fourth-order valence-electron chi connectivity index (χ4n) is 3.04. The van der Waals surface area contributed by atoms with E-state index < -0.39 is 4.92 Å². The van der Waals surface area contributed by atoms with E-state index in [1.807, 2.05) is 26.8 Å². The van der Waals surface area contributed by atoms with Crippen LogP contribution in [0.2, 0.25) is 0 Å². The summed E-state index contributed by atoms with van der Waals surface area (Å²) in [4.78, 5) is 25.1. The SMILES string of the molecule is COc1cc(CN2CCC(C(=O)NC(C)(C)C)CC2)cc([N+](=O)[O-])c1. The molecule has 1 amide bonds. The second kappa shape index (κ2) is 7.82. The van der Waals surface area contributed by atoms with Gasteiger partial charge in [0.2, 0.25) is 5.91 Å². The van der Waals surface area contributed by atoms with Gasteiger partial charge in [-0.1, -0.05) is 0 Å². The van der Waals surface area contributed by atoms with Crippen molar-refractivity contribution in [2.24, 2.45) is 5.92 Å².